The molecule has 0 saturated carbocycles. The van der Waals surface area contributed by atoms with Gasteiger partial charge in [-0.05, 0) is 75.2 Å². The average Bonchev–Trinajstić information content (AvgIpc) is 2.81. The van der Waals surface area contributed by atoms with E-state index in [1.54, 1.807) is 23.1 Å². The summed E-state index contributed by atoms with van der Waals surface area (Å²) in [6.45, 7) is 8.98. The van der Waals surface area contributed by atoms with Gasteiger partial charge in [0.05, 0.1) is 9.79 Å². The van der Waals surface area contributed by atoms with Crippen molar-refractivity contribution in [2.24, 2.45) is 0 Å². The molecule has 0 aliphatic carbocycles. The summed E-state index contributed by atoms with van der Waals surface area (Å²) < 4.78 is 54.8. The summed E-state index contributed by atoms with van der Waals surface area (Å²) >= 11 is 0. The lowest BCUT2D eigenvalue weighted by Crippen LogP contribution is -2.50. The van der Waals surface area contributed by atoms with Gasteiger partial charge in [0.15, 0.2) is 0 Å². The Morgan fingerprint density at radius 3 is 1.67 bits per heavy atom. The maximum absolute atomic E-state index is 13.1. The number of benzene rings is 2. The molecule has 1 saturated heterocycles. The lowest BCUT2D eigenvalue weighted by atomic mass is 10.1. The number of carbonyl (C=O) groups is 1. The van der Waals surface area contributed by atoms with E-state index in [4.69, 9.17) is 0 Å². The number of hydrogen-bond donors (Lipinski definition) is 0. The van der Waals surface area contributed by atoms with Crippen molar-refractivity contribution >= 4 is 26.0 Å². The van der Waals surface area contributed by atoms with Crippen molar-refractivity contribution < 1.29 is 21.6 Å². The molecule has 2 aromatic rings. The van der Waals surface area contributed by atoms with E-state index in [9.17, 15) is 21.6 Å². The fourth-order valence-electron chi connectivity index (χ4n) is 3.79. The largest absolute Gasteiger partial charge is 0.339 e. The molecule has 1 aliphatic heterocycles. The van der Waals surface area contributed by atoms with Crippen LogP contribution >= 0.6 is 0 Å². The Labute approximate surface area is 196 Å². The Balaban J connectivity index is 1.72. The number of carbonyl (C=O) groups excluding carboxylic acids is 1. The highest BCUT2D eigenvalue weighted by Gasteiger charge is 2.34. The molecule has 1 amide bonds. The van der Waals surface area contributed by atoms with Crippen LogP contribution in [0.5, 0.6) is 0 Å². The number of sulfonamides is 2. The molecule has 10 heteroatoms. The zero-order chi connectivity index (χ0) is 24.4. The zero-order valence-corrected chi connectivity index (χ0v) is 21.1. The van der Waals surface area contributed by atoms with Gasteiger partial charge in [0.1, 0.15) is 0 Å². The minimum absolute atomic E-state index is 0.0620. The van der Waals surface area contributed by atoms with E-state index in [1.807, 2.05) is 27.7 Å². The molecule has 1 heterocycles. The Bertz CT molecular complexity index is 1210. The Kier molecular flexibility index (Phi) is 7.62. The van der Waals surface area contributed by atoms with Crippen LogP contribution in [-0.4, -0.2) is 75.5 Å². The van der Waals surface area contributed by atoms with Crippen LogP contribution < -0.4 is 0 Å². The summed E-state index contributed by atoms with van der Waals surface area (Å²) in [7, 11) is -7.49. The van der Waals surface area contributed by atoms with Crippen molar-refractivity contribution in [1.29, 1.82) is 0 Å². The molecule has 0 radical (unpaired) electrons. The normalized spacial score (nSPS) is 16.0. The van der Waals surface area contributed by atoms with Gasteiger partial charge in [-0.15, -0.1) is 0 Å². The lowest BCUT2D eigenvalue weighted by Gasteiger charge is -2.33. The molecule has 180 valence electrons. The minimum Gasteiger partial charge on any atom is -0.339 e. The first-order valence-electron chi connectivity index (χ1n) is 11.0. The van der Waals surface area contributed by atoms with Crippen LogP contribution in [0.15, 0.2) is 52.3 Å². The second-order valence-corrected chi connectivity index (χ2v) is 11.9. The monoisotopic (exact) mass is 493 g/mol. The Morgan fingerprint density at radius 1 is 0.758 bits per heavy atom. The van der Waals surface area contributed by atoms with E-state index < -0.39 is 20.0 Å². The van der Waals surface area contributed by atoms with Gasteiger partial charge < -0.3 is 4.90 Å². The molecule has 1 aliphatic rings. The maximum atomic E-state index is 13.1. The van der Waals surface area contributed by atoms with Crippen LogP contribution in [0.25, 0.3) is 0 Å². The average molecular weight is 494 g/mol. The molecule has 8 nitrogen and oxygen atoms in total. The highest BCUT2D eigenvalue weighted by atomic mass is 32.2. The molecular weight excluding hydrogens is 462 g/mol. The lowest BCUT2D eigenvalue weighted by molar-refractivity contribution is 0.0773. The first kappa shape index (κ1) is 25.4. The van der Waals surface area contributed by atoms with E-state index in [-0.39, 0.29) is 41.9 Å². The van der Waals surface area contributed by atoms with E-state index >= 15 is 0 Å². The zero-order valence-electron chi connectivity index (χ0n) is 19.5. The predicted molar refractivity (Wildman–Crippen MR) is 127 cm³/mol. The number of nitrogens with zero attached hydrogens (tertiary/aromatic N) is 3. The molecule has 0 aromatic heterocycles. The topological polar surface area (TPSA) is 95.1 Å². The van der Waals surface area contributed by atoms with Gasteiger partial charge in [0, 0.05) is 44.8 Å². The molecule has 1 fully saturated rings. The fraction of sp³-hybridized carbons (Fsp3) is 0.435. The fourth-order valence-corrected chi connectivity index (χ4v) is 6.72. The molecule has 0 spiro atoms. The van der Waals surface area contributed by atoms with Crippen molar-refractivity contribution in [3.8, 4) is 0 Å². The van der Waals surface area contributed by atoms with E-state index in [1.165, 1.54) is 32.9 Å². The van der Waals surface area contributed by atoms with Crippen molar-refractivity contribution in [2.45, 2.75) is 37.5 Å². The van der Waals surface area contributed by atoms with Crippen LogP contribution in [0.4, 0.5) is 0 Å². The summed E-state index contributed by atoms with van der Waals surface area (Å²) in [5.41, 5.74) is 2.33. The molecule has 0 atom stereocenters. The third-order valence-electron chi connectivity index (χ3n) is 6.10. The predicted octanol–water partition coefficient (Wildman–Crippen LogP) is 2.48. The molecular formula is C23H31N3O5S2. The Hall–Kier alpha value is -2.27. The molecule has 0 N–H and O–H groups in total. The van der Waals surface area contributed by atoms with Gasteiger partial charge in [0.25, 0.3) is 5.91 Å². The van der Waals surface area contributed by atoms with Crippen LogP contribution in [-0.2, 0) is 20.0 Å². The van der Waals surface area contributed by atoms with E-state index in [0.29, 0.717) is 18.7 Å². The van der Waals surface area contributed by atoms with Crippen LogP contribution in [0, 0.1) is 13.8 Å². The van der Waals surface area contributed by atoms with E-state index in [2.05, 4.69) is 0 Å². The minimum atomic E-state index is -3.79. The van der Waals surface area contributed by atoms with Gasteiger partial charge >= 0.3 is 0 Å². The molecule has 0 unspecified atom stereocenters. The molecule has 3 rings (SSSR count). The van der Waals surface area contributed by atoms with Gasteiger partial charge in [-0.2, -0.15) is 8.61 Å². The number of amides is 1. The smallest absolute Gasteiger partial charge is 0.253 e. The number of rotatable bonds is 7. The first-order chi connectivity index (χ1) is 15.5. The van der Waals surface area contributed by atoms with Gasteiger partial charge in [-0.3, -0.25) is 4.79 Å². The van der Waals surface area contributed by atoms with E-state index in [0.717, 1.165) is 11.1 Å². The molecule has 0 bridgehead atoms. The number of aryl methyl sites for hydroxylation is 2. The van der Waals surface area contributed by atoms with Crippen molar-refractivity contribution in [3.63, 3.8) is 0 Å². The highest BCUT2D eigenvalue weighted by Crippen LogP contribution is 2.23. The summed E-state index contributed by atoms with van der Waals surface area (Å²) in [6.07, 6.45) is 0. The van der Waals surface area contributed by atoms with Crippen molar-refractivity contribution in [2.75, 3.05) is 39.3 Å². The second kappa shape index (κ2) is 9.92. The van der Waals surface area contributed by atoms with Gasteiger partial charge in [-0.1, -0.05) is 6.07 Å². The maximum Gasteiger partial charge on any atom is 0.253 e. The SMILES string of the molecule is CCN(CC)C(=O)c1ccc(S(=O)(=O)N2CCN(S(=O)(=O)c3ccc(C)c(C)c3)CC2)cc1. The molecule has 33 heavy (non-hydrogen) atoms. The van der Waals surface area contributed by atoms with Gasteiger partial charge in [0.2, 0.25) is 20.0 Å². The number of hydrogen-bond acceptors (Lipinski definition) is 5. The van der Waals surface area contributed by atoms with Crippen molar-refractivity contribution in [3.05, 3.63) is 59.2 Å². The van der Waals surface area contributed by atoms with Crippen molar-refractivity contribution in [1.82, 2.24) is 13.5 Å². The summed E-state index contributed by atoms with van der Waals surface area (Å²) in [6, 6.07) is 10.9. The molecule has 2 aromatic carbocycles. The highest BCUT2D eigenvalue weighted by molar-refractivity contribution is 7.89. The van der Waals surface area contributed by atoms with Crippen LogP contribution in [0.1, 0.15) is 35.3 Å². The number of piperazine rings is 1. The first-order valence-corrected chi connectivity index (χ1v) is 13.9. The summed E-state index contributed by atoms with van der Waals surface area (Å²) in [5.74, 6) is -0.144. The van der Waals surface area contributed by atoms with Crippen LogP contribution in [0.3, 0.4) is 0 Å². The summed E-state index contributed by atoms with van der Waals surface area (Å²) in [4.78, 5) is 14.4. The third-order valence-corrected chi connectivity index (χ3v) is 9.91. The third kappa shape index (κ3) is 5.13. The second-order valence-electron chi connectivity index (χ2n) is 8.06. The van der Waals surface area contributed by atoms with Gasteiger partial charge in [-0.25, -0.2) is 16.8 Å². The quantitative estimate of drug-likeness (QED) is 0.591. The van der Waals surface area contributed by atoms with Crippen LogP contribution in [0.2, 0.25) is 0 Å². The standard InChI is InChI=1S/C23H31N3O5S2/c1-5-24(6-2)23(27)20-8-11-21(12-9-20)32(28,29)25-13-15-26(16-14-25)33(30,31)22-10-7-18(3)19(4)17-22/h7-12,17H,5-6,13-16H2,1-4H3. The summed E-state index contributed by atoms with van der Waals surface area (Å²) in [5, 5.41) is 0. The Morgan fingerprint density at radius 2 is 1.21 bits per heavy atom.